The molecule has 4 rings (SSSR count). The van der Waals surface area contributed by atoms with Crippen molar-refractivity contribution < 1.29 is 9.53 Å². The van der Waals surface area contributed by atoms with Crippen LogP contribution >= 0.6 is 0 Å². The average Bonchev–Trinajstić information content (AvgIpc) is 3.35. The molecule has 0 aliphatic heterocycles. The first kappa shape index (κ1) is 19.0. The maximum absolute atomic E-state index is 12.3. The summed E-state index contributed by atoms with van der Waals surface area (Å²) in [5.74, 6) is 1.83. The van der Waals surface area contributed by atoms with E-state index in [1.807, 2.05) is 63.8 Å². The van der Waals surface area contributed by atoms with Gasteiger partial charge in [0.05, 0.1) is 12.6 Å². The zero-order valence-corrected chi connectivity index (χ0v) is 16.5. The van der Waals surface area contributed by atoms with E-state index in [1.54, 1.807) is 7.11 Å². The molecule has 0 atom stereocenters. The Bertz CT molecular complexity index is 1110. The normalized spacial score (nSPS) is 11.2. The summed E-state index contributed by atoms with van der Waals surface area (Å²) in [6.45, 7) is 0.990. The molecule has 150 valence electrons. The summed E-state index contributed by atoms with van der Waals surface area (Å²) in [5, 5.41) is 12.5. The number of hydrogen-bond acceptors (Lipinski definition) is 4. The smallest absolute Gasteiger partial charge is 0.239 e. The number of aromatic nitrogens is 4. The molecule has 0 aliphatic rings. The number of rotatable bonds is 9. The molecule has 7 nitrogen and oxygen atoms in total. The van der Waals surface area contributed by atoms with Crippen molar-refractivity contribution in [3.05, 3.63) is 60.7 Å². The van der Waals surface area contributed by atoms with Gasteiger partial charge in [-0.1, -0.05) is 18.6 Å². The zero-order chi connectivity index (χ0) is 20.1. The predicted molar refractivity (Wildman–Crippen MR) is 112 cm³/mol. The Morgan fingerprint density at radius 3 is 2.86 bits per heavy atom. The molecule has 0 unspecified atom stereocenters. The van der Waals surface area contributed by atoms with Crippen LogP contribution in [0.1, 0.15) is 25.1 Å². The lowest BCUT2D eigenvalue weighted by Crippen LogP contribution is -2.28. The fraction of sp³-hybridized carbons (Fsp3) is 0.318. The summed E-state index contributed by atoms with van der Waals surface area (Å²) >= 11 is 0. The van der Waals surface area contributed by atoms with Crippen LogP contribution in [0.5, 0.6) is 5.75 Å². The van der Waals surface area contributed by atoms with Crippen LogP contribution in [0.3, 0.4) is 0 Å². The van der Waals surface area contributed by atoms with Gasteiger partial charge in [-0.15, -0.1) is 10.2 Å². The highest BCUT2D eigenvalue weighted by molar-refractivity contribution is 5.88. The summed E-state index contributed by atoms with van der Waals surface area (Å²) in [6.07, 6.45) is 7.80. The lowest BCUT2D eigenvalue weighted by atomic mass is 10.2. The fourth-order valence-corrected chi connectivity index (χ4v) is 3.60. The van der Waals surface area contributed by atoms with Crippen LogP contribution in [0.25, 0.3) is 16.6 Å². The van der Waals surface area contributed by atoms with E-state index in [4.69, 9.17) is 4.74 Å². The third kappa shape index (κ3) is 4.23. The third-order valence-corrected chi connectivity index (χ3v) is 5.09. The number of aryl methyl sites for hydroxylation is 1. The van der Waals surface area contributed by atoms with Crippen molar-refractivity contribution in [3.63, 3.8) is 0 Å². The molecule has 4 aromatic rings. The van der Waals surface area contributed by atoms with Crippen LogP contribution in [0.15, 0.2) is 54.9 Å². The van der Waals surface area contributed by atoms with Crippen molar-refractivity contribution >= 4 is 22.5 Å². The van der Waals surface area contributed by atoms with E-state index in [0.29, 0.717) is 13.1 Å². The molecule has 29 heavy (non-hydrogen) atoms. The van der Waals surface area contributed by atoms with Gasteiger partial charge in [-0.25, -0.2) is 0 Å². The van der Waals surface area contributed by atoms with Gasteiger partial charge in [0.15, 0.2) is 5.65 Å². The number of benzene rings is 1. The Kier molecular flexibility index (Phi) is 5.74. The zero-order valence-electron chi connectivity index (χ0n) is 16.5. The van der Waals surface area contributed by atoms with Gasteiger partial charge in [-0.05, 0) is 43.2 Å². The Labute approximate surface area is 169 Å². The Morgan fingerprint density at radius 1 is 1.03 bits per heavy atom. The first-order valence-electron chi connectivity index (χ1n) is 9.93. The molecule has 0 bridgehead atoms. The van der Waals surface area contributed by atoms with Crippen LogP contribution in [-0.4, -0.2) is 38.7 Å². The number of methoxy groups -OCH3 is 1. The van der Waals surface area contributed by atoms with Crippen LogP contribution < -0.4 is 10.1 Å². The quantitative estimate of drug-likeness (QED) is 0.445. The molecule has 0 saturated carbocycles. The molecular formula is C22H25N5O2. The van der Waals surface area contributed by atoms with Crippen molar-refractivity contribution in [2.75, 3.05) is 13.7 Å². The molecule has 3 aromatic heterocycles. The SMILES string of the molecule is COc1cccc2c1ccn2CC(=O)NCCCCCc1nnc2ccccn12. The van der Waals surface area contributed by atoms with Gasteiger partial charge < -0.3 is 14.6 Å². The van der Waals surface area contributed by atoms with Crippen molar-refractivity contribution in [3.8, 4) is 5.75 Å². The molecule has 3 heterocycles. The van der Waals surface area contributed by atoms with Gasteiger partial charge in [0.1, 0.15) is 18.1 Å². The molecule has 0 radical (unpaired) electrons. The van der Waals surface area contributed by atoms with E-state index in [1.165, 1.54) is 0 Å². The molecule has 1 amide bonds. The Balaban J connectivity index is 1.20. The lowest BCUT2D eigenvalue weighted by molar-refractivity contribution is -0.121. The van der Waals surface area contributed by atoms with Crippen LogP contribution in [0, 0.1) is 0 Å². The molecule has 0 saturated heterocycles. The highest BCUT2D eigenvalue weighted by Crippen LogP contribution is 2.26. The number of carbonyl (C=O) groups is 1. The van der Waals surface area contributed by atoms with Crippen molar-refractivity contribution in [2.24, 2.45) is 0 Å². The van der Waals surface area contributed by atoms with Gasteiger partial charge in [0.2, 0.25) is 5.91 Å². The van der Waals surface area contributed by atoms with E-state index in [2.05, 4.69) is 15.5 Å². The van der Waals surface area contributed by atoms with E-state index < -0.39 is 0 Å². The van der Waals surface area contributed by atoms with Gasteiger partial charge in [-0.3, -0.25) is 9.20 Å². The molecule has 7 heteroatoms. The summed E-state index contributed by atoms with van der Waals surface area (Å²) in [5.41, 5.74) is 1.88. The third-order valence-electron chi connectivity index (χ3n) is 5.09. The highest BCUT2D eigenvalue weighted by atomic mass is 16.5. The second-order valence-corrected chi connectivity index (χ2v) is 7.04. The van der Waals surface area contributed by atoms with Crippen LogP contribution in [-0.2, 0) is 17.8 Å². The molecule has 0 fully saturated rings. The molecule has 0 spiro atoms. The number of fused-ring (bicyclic) bond motifs is 2. The number of carbonyl (C=O) groups excluding carboxylic acids is 1. The van der Waals surface area contributed by atoms with Gasteiger partial charge >= 0.3 is 0 Å². The molecule has 1 aromatic carbocycles. The van der Waals surface area contributed by atoms with Gasteiger partial charge in [0, 0.05) is 30.7 Å². The lowest BCUT2D eigenvalue weighted by Gasteiger charge is -2.08. The topological polar surface area (TPSA) is 73.4 Å². The van der Waals surface area contributed by atoms with E-state index in [0.717, 1.165) is 53.8 Å². The number of amides is 1. The van der Waals surface area contributed by atoms with Crippen molar-refractivity contribution in [1.82, 2.24) is 24.5 Å². The monoisotopic (exact) mass is 391 g/mol. The second-order valence-electron chi connectivity index (χ2n) is 7.04. The number of pyridine rings is 1. The first-order chi connectivity index (χ1) is 14.3. The number of hydrogen-bond donors (Lipinski definition) is 1. The summed E-state index contributed by atoms with van der Waals surface area (Å²) in [4.78, 5) is 12.3. The largest absolute Gasteiger partial charge is 0.496 e. The van der Waals surface area contributed by atoms with E-state index in [9.17, 15) is 4.79 Å². The summed E-state index contributed by atoms with van der Waals surface area (Å²) in [7, 11) is 1.66. The minimum atomic E-state index is 0.0220. The Morgan fingerprint density at radius 2 is 1.97 bits per heavy atom. The molecular weight excluding hydrogens is 366 g/mol. The van der Waals surface area contributed by atoms with Gasteiger partial charge in [0.25, 0.3) is 0 Å². The Hall–Kier alpha value is -3.35. The summed E-state index contributed by atoms with van der Waals surface area (Å²) < 4.78 is 9.35. The van der Waals surface area contributed by atoms with Gasteiger partial charge in [-0.2, -0.15) is 0 Å². The minimum Gasteiger partial charge on any atom is -0.496 e. The first-order valence-corrected chi connectivity index (χ1v) is 9.93. The predicted octanol–water partition coefficient (Wildman–Crippen LogP) is 3.22. The second kappa shape index (κ2) is 8.77. The molecule has 0 aliphatic carbocycles. The number of nitrogens with one attached hydrogen (secondary N) is 1. The standard InChI is InChI=1S/C22H25N5O2/c1-29-19-9-7-8-18-17(19)12-15-26(18)16-22(28)23-13-5-2-3-10-20-24-25-21-11-4-6-14-27(20)21/h4,6-9,11-12,14-15H,2-3,5,10,13,16H2,1H3,(H,23,28). The number of nitrogens with zero attached hydrogens (tertiary/aromatic N) is 4. The van der Waals surface area contributed by atoms with Crippen LogP contribution in [0.2, 0.25) is 0 Å². The maximum atomic E-state index is 12.3. The van der Waals surface area contributed by atoms with Crippen molar-refractivity contribution in [2.45, 2.75) is 32.2 Å². The highest BCUT2D eigenvalue weighted by Gasteiger charge is 2.09. The summed E-state index contributed by atoms with van der Waals surface area (Å²) in [6, 6.07) is 13.7. The minimum absolute atomic E-state index is 0.0220. The maximum Gasteiger partial charge on any atom is 0.239 e. The number of ether oxygens (including phenoxy) is 1. The number of unbranched alkanes of at least 4 members (excludes halogenated alkanes) is 2. The molecule has 1 N–H and O–H groups in total. The van der Waals surface area contributed by atoms with Crippen LogP contribution in [0.4, 0.5) is 0 Å². The van der Waals surface area contributed by atoms with E-state index in [-0.39, 0.29) is 5.91 Å². The van der Waals surface area contributed by atoms with Crippen molar-refractivity contribution in [1.29, 1.82) is 0 Å². The average molecular weight is 391 g/mol. The van der Waals surface area contributed by atoms with E-state index >= 15 is 0 Å². The fourth-order valence-electron chi connectivity index (χ4n) is 3.60.